The van der Waals surface area contributed by atoms with E-state index in [0.29, 0.717) is 12.1 Å². The molecule has 0 radical (unpaired) electrons. The highest BCUT2D eigenvalue weighted by Gasteiger charge is 2.28. The molecule has 1 fully saturated rings. The molecular formula is C12H20BrN3O. The highest BCUT2D eigenvalue weighted by atomic mass is 79.9. The standard InChI is InChI=1S/C12H20BrN3O/c1-4-16-11(12(13)8(2)15-16)7-14-9-5-10(6-9)17-3/h9-10,14H,4-7H2,1-3H3. The Morgan fingerprint density at radius 1 is 1.53 bits per heavy atom. The van der Waals surface area contributed by atoms with Crippen LogP contribution in [0, 0.1) is 6.92 Å². The molecule has 1 saturated carbocycles. The zero-order valence-electron chi connectivity index (χ0n) is 10.7. The lowest BCUT2D eigenvalue weighted by Gasteiger charge is -2.34. The van der Waals surface area contributed by atoms with Gasteiger partial charge in [0.1, 0.15) is 0 Å². The number of rotatable bonds is 5. The first-order chi connectivity index (χ1) is 8.15. The maximum Gasteiger partial charge on any atom is 0.0739 e. The maximum atomic E-state index is 5.27. The van der Waals surface area contributed by atoms with Crippen molar-refractivity contribution >= 4 is 15.9 Å². The lowest BCUT2D eigenvalue weighted by atomic mass is 9.89. The van der Waals surface area contributed by atoms with Crippen molar-refractivity contribution in [2.24, 2.45) is 0 Å². The van der Waals surface area contributed by atoms with Crippen molar-refractivity contribution in [3.63, 3.8) is 0 Å². The lowest BCUT2D eigenvalue weighted by molar-refractivity contribution is 0.0168. The van der Waals surface area contributed by atoms with Crippen LogP contribution < -0.4 is 5.32 Å². The summed E-state index contributed by atoms with van der Waals surface area (Å²) in [5, 5.41) is 8.04. The van der Waals surface area contributed by atoms with Crippen molar-refractivity contribution < 1.29 is 4.74 Å². The van der Waals surface area contributed by atoms with Crippen LogP contribution in [0.5, 0.6) is 0 Å². The Morgan fingerprint density at radius 2 is 2.24 bits per heavy atom. The highest BCUT2D eigenvalue weighted by Crippen LogP contribution is 2.25. The third-order valence-corrected chi connectivity index (χ3v) is 4.47. The number of nitrogens with zero attached hydrogens (tertiary/aromatic N) is 2. The van der Waals surface area contributed by atoms with Gasteiger partial charge in [-0.1, -0.05) is 0 Å². The Balaban J connectivity index is 1.91. The van der Waals surface area contributed by atoms with E-state index in [1.54, 1.807) is 7.11 Å². The molecule has 4 nitrogen and oxygen atoms in total. The van der Waals surface area contributed by atoms with Gasteiger partial charge in [0.25, 0.3) is 0 Å². The topological polar surface area (TPSA) is 39.1 Å². The fourth-order valence-electron chi connectivity index (χ4n) is 2.20. The van der Waals surface area contributed by atoms with E-state index in [1.807, 2.05) is 6.92 Å². The van der Waals surface area contributed by atoms with Gasteiger partial charge in [-0.15, -0.1) is 0 Å². The van der Waals surface area contributed by atoms with Gasteiger partial charge >= 0.3 is 0 Å². The van der Waals surface area contributed by atoms with Crippen LogP contribution in [0.4, 0.5) is 0 Å². The minimum Gasteiger partial charge on any atom is -0.381 e. The number of ether oxygens (including phenoxy) is 1. The summed E-state index contributed by atoms with van der Waals surface area (Å²) in [5.41, 5.74) is 2.30. The molecule has 0 saturated heterocycles. The lowest BCUT2D eigenvalue weighted by Crippen LogP contribution is -2.44. The Morgan fingerprint density at radius 3 is 2.82 bits per heavy atom. The van der Waals surface area contributed by atoms with Crippen LogP contribution in [0.1, 0.15) is 31.2 Å². The van der Waals surface area contributed by atoms with E-state index in [4.69, 9.17) is 4.74 Å². The Hall–Kier alpha value is -0.390. The summed E-state index contributed by atoms with van der Waals surface area (Å²) >= 11 is 3.61. The summed E-state index contributed by atoms with van der Waals surface area (Å²) in [7, 11) is 1.78. The maximum absolute atomic E-state index is 5.27. The van der Waals surface area contributed by atoms with Crippen molar-refractivity contribution in [3.05, 3.63) is 15.9 Å². The SMILES string of the molecule is CCn1nc(C)c(Br)c1CNC1CC(OC)C1. The number of halogens is 1. The molecule has 1 heterocycles. The summed E-state index contributed by atoms with van der Waals surface area (Å²) in [5.74, 6) is 0. The minimum absolute atomic E-state index is 0.453. The molecule has 17 heavy (non-hydrogen) atoms. The Kier molecular flexibility index (Phi) is 4.22. The summed E-state index contributed by atoms with van der Waals surface area (Å²) in [6, 6.07) is 0.590. The summed E-state index contributed by atoms with van der Waals surface area (Å²) < 4.78 is 8.46. The van der Waals surface area contributed by atoms with Gasteiger partial charge < -0.3 is 10.1 Å². The molecule has 1 aliphatic carbocycles. The van der Waals surface area contributed by atoms with Gasteiger partial charge in [-0.3, -0.25) is 4.68 Å². The summed E-state index contributed by atoms with van der Waals surface area (Å²) in [6.07, 6.45) is 2.69. The van der Waals surface area contributed by atoms with Crippen LogP contribution in [-0.4, -0.2) is 29.0 Å². The quantitative estimate of drug-likeness (QED) is 0.906. The number of aryl methyl sites for hydroxylation is 2. The van der Waals surface area contributed by atoms with Crippen molar-refractivity contribution in [1.29, 1.82) is 0 Å². The molecule has 1 N–H and O–H groups in total. The molecule has 5 heteroatoms. The molecule has 1 aromatic rings. The molecule has 0 unspecified atom stereocenters. The van der Waals surface area contributed by atoms with Crippen LogP contribution in [0.25, 0.3) is 0 Å². The van der Waals surface area contributed by atoms with Crippen LogP contribution in [0.2, 0.25) is 0 Å². The van der Waals surface area contributed by atoms with Crippen LogP contribution in [0.3, 0.4) is 0 Å². The number of hydrogen-bond donors (Lipinski definition) is 1. The summed E-state index contributed by atoms with van der Waals surface area (Å²) in [4.78, 5) is 0. The predicted molar refractivity (Wildman–Crippen MR) is 71.0 cm³/mol. The van der Waals surface area contributed by atoms with Gasteiger partial charge in [0, 0.05) is 26.2 Å². The second kappa shape index (κ2) is 5.50. The molecule has 0 aromatic carbocycles. The molecular weight excluding hydrogens is 282 g/mol. The average Bonchev–Trinajstić information content (AvgIpc) is 2.54. The van der Waals surface area contributed by atoms with Gasteiger partial charge in [0.05, 0.1) is 22.0 Å². The minimum atomic E-state index is 0.453. The largest absolute Gasteiger partial charge is 0.381 e. The Bertz CT molecular complexity index is 385. The average molecular weight is 302 g/mol. The molecule has 96 valence electrons. The smallest absolute Gasteiger partial charge is 0.0739 e. The second-order valence-corrected chi connectivity index (χ2v) is 5.36. The van der Waals surface area contributed by atoms with Crippen molar-refractivity contribution in [3.8, 4) is 0 Å². The molecule has 0 aliphatic heterocycles. The number of nitrogens with one attached hydrogen (secondary N) is 1. The van der Waals surface area contributed by atoms with E-state index in [-0.39, 0.29) is 0 Å². The first-order valence-electron chi connectivity index (χ1n) is 6.13. The molecule has 0 amide bonds. The monoisotopic (exact) mass is 301 g/mol. The highest BCUT2D eigenvalue weighted by molar-refractivity contribution is 9.10. The first kappa shape index (κ1) is 13.1. The van der Waals surface area contributed by atoms with E-state index < -0.39 is 0 Å². The van der Waals surface area contributed by atoms with Gasteiger partial charge in [-0.05, 0) is 42.6 Å². The number of aromatic nitrogens is 2. The Labute approximate surface area is 111 Å². The predicted octanol–water partition coefficient (Wildman–Crippen LogP) is 2.24. The van der Waals surface area contributed by atoms with Crippen molar-refractivity contribution in [1.82, 2.24) is 15.1 Å². The number of hydrogen-bond acceptors (Lipinski definition) is 3. The van der Waals surface area contributed by atoms with Crippen molar-refractivity contribution in [2.45, 2.75) is 51.9 Å². The molecule has 0 spiro atoms. The zero-order chi connectivity index (χ0) is 12.4. The second-order valence-electron chi connectivity index (χ2n) is 4.57. The first-order valence-corrected chi connectivity index (χ1v) is 6.93. The van der Waals surface area contributed by atoms with Gasteiger partial charge in [0.2, 0.25) is 0 Å². The molecule has 0 atom stereocenters. The van der Waals surface area contributed by atoms with Gasteiger partial charge in [0.15, 0.2) is 0 Å². The fraction of sp³-hybridized carbons (Fsp3) is 0.750. The van der Waals surface area contributed by atoms with Gasteiger partial charge in [-0.2, -0.15) is 5.10 Å². The molecule has 1 aliphatic rings. The molecule has 0 bridgehead atoms. The molecule has 2 rings (SSSR count). The van der Waals surface area contributed by atoms with E-state index in [2.05, 4.69) is 38.0 Å². The molecule has 1 aromatic heterocycles. The fourth-order valence-corrected chi connectivity index (χ4v) is 2.63. The van der Waals surface area contributed by atoms with Crippen LogP contribution in [0.15, 0.2) is 4.47 Å². The van der Waals surface area contributed by atoms with Crippen LogP contribution >= 0.6 is 15.9 Å². The third kappa shape index (κ3) is 2.72. The van der Waals surface area contributed by atoms with Crippen molar-refractivity contribution in [2.75, 3.05) is 7.11 Å². The number of methoxy groups -OCH3 is 1. The third-order valence-electron chi connectivity index (χ3n) is 3.44. The zero-order valence-corrected chi connectivity index (χ0v) is 12.2. The van der Waals surface area contributed by atoms with E-state index in [9.17, 15) is 0 Å². The van der Waals surface area contributed by atoms with Gasteiger partial charge in [-0.25, -0.2) is 0 Å². The van der Waals surface area contributed by atoms with E-state index in [1.165, 1.54) is 5.69 Å². The normalized spacial score (nSPS) is 23.8. The van der Waals surface area contributed by atoms with E-state index in [0.717, 1.165) is 36.1 Å². The van der Waals surface area contributed by atoms with E-state index >= 15 is 0 Å². The summed E-state index contributed by atoms with van der Waals surface area (Å²) in [6.45, 7) is 5.93. The van der Waals surface area contributed by atoms with Crippen LogP contribution in [-0.2, 0) is 17.8 Å².